The molecular weight excluding hydrogens is 292 g/mol. The summed E-state index contributed by atoms with van der Waals surface area (Å²) in [5.41, 5.74) is 2.33. The Morgan fingerprint density at radius 2 is 2.17 bits per heavy atom. The van der Waals surface area contributed by atoms with Crippen LogP contribution in [0, 0.1) is 0 Å². The van der Waals surface area contributed by atoms with E-state index < -0.39 is 0 Å². The van der Waals surface area contributed by atoms with E-state index in [4.69, 9.17) is 0 Å². The first-order valence-electron chi connectivity index (χ1n) is 6.03. The Bertz CT molecular complexity index is 548. The summed E-state index contributed by atoms with van der Waals surface area (Å²) in [7, 11) is 0. The van der Waals surface area contributed by atoms with Crippen molar-refractivity contribution in [2.24, 2.45) is 0 Å². The number of benzene rings is 1. The van der Waals surface area contributed by atoms with Gasteiger partial charge in [0.1, 0.15) is 5.69 Å². The maximum Gasteiger partial charge on any atom is 0.153 e. The number of carbonyl (C=O) groups is 1. The summed E-state index contributed by atoms with van der Waals surface area (Å²) in [4.78, 5) is 11.1. The third kappa shape index (κ3) is 2.70. The highest BCUT2D eigenvalue weighted by Crippen LogP contribution is 2.28. The lowest BCUT2D eigenvalue weighted by Gasteiger charge is -2.01. The van der Waals surface area contributed by atoms with Gasteiger partial charge in [0.05, 0.1) is 5.56 Å². The second-order valence-corrected chi connectivity index (χ2v) is 5.00. The van der Waals surface area contributed by atoms with Crippen molar-refractivity contribution in [3.8, 4) is 11.3 Å². The lowest BCUT2D eigenvalue weighted by molar-refractivity contribution is 0.112. The standard InChI is InChI=1S/C14H15BrN2O/c1-2-3-8-17-9-11(10-18)14(16-17)12-6-4-5-7-13(12)15/h4-7,9-10H,2-3,8H2,1H3. The molecule has 3 nitrogen and oxygen atoms in total. The van der Waals surface area contributed by atoms with E-state index in [2.05, 4.69) is 28.0 Å². The van der Waals surface area contributed by atoms with Crippen molar-refractivity contribution < 1.29 is 4.79 Å². The van der Waals surface area contributed by atoms with Gasteiger partial charge in [0.15, 0.2) is 6.29 Å². The zero-order valence-electron chi connectivity index (χ0n) is 10.3. The Balaban J connectivity index is 2.40. The Morgan fingerprint density at radius 3 is 2.83 bits per heavy atom. The number of hydrogen-bond donors (Lipinski definition) is 0. The molecule has 1 aromatic heterocycles. The number of rotatable bonds is 5. The number of aldehydes is 1. The second kappa shape index (κ2) is 5.96. The highest BCUT2D eigenvalue weighted by molar-refractivity contribution is 9.10. The van der Waals surface area contributed by atoms with Gasteiger partial charge < -0.3 is 0 Å². The number of aryl methyl sites for hydroxylation is 1. The van der Waals surface area contributed by atoms with Crippen LogP contribution in [0.2, 0.25) is 0 Å². The molecule has 0 aliphatic heterocycles. The largest absolute Gasteiger partial charge is 0.298 e. The summed E-state index contributed by atoms with van der Waals surface area (Å²) < 4.78 is 2.80. The summed E-state index contributed by atoms with van der Waals surface area (Å²) in [5, 5.41) is 4.51. The van der Waals surface area contributed by atoms with Gasteiger partial charge in [-0.15, -0.1) is 0 Å². The van der Waals surface area contributed by atoms with Gasteiger partial charge in [-0.25, -0.2) is 0 Å². The van der Waals surface area contributed by atoms with Gasteiger partial charge in [0.25, 0.3) is 0 Å². The third-order valence-corrected chi connectivity index (χ3v) is 3.48. The number of aromatic nitrogens is 2. The van der Waals surface area contributed by atoms with E-state index in [1.807, 2.05) is 35.1 Å². The lowest BCUT2D eigenvalue weighted by Crippen LogP contribution is -1.98. The lowest BCUT2D eigenvalue weighted by atomic mass is 10.1. The fourth-order valence-electron chi connectivity index (χ4n) is 1.82. The fourth-order valence-corrected chi connectivity index (χ4v) is 2.29. The molecule has 2 aromatic rings. The van der Waals surface area contributed by atoms with Crippen molar-refractivity contribution in [2.75, 3.05) is 0 Å². The molecule has 1 aromatic carbocycles. The Kier molecular flexibility index (Phi) is 4.31. The van der Waals surface area contributed by atoms with Crippen molar-refractivity contribution in [1.29, 1.82) is 0 Å². The molecule has 0 N–H and O–H groups in total. The van der Waals surface area contributed by atoms with E-state index in [1.54, 1.807) is 0 Å². The van der Waals surface area contributed by atoms with Crippen molar-refractivity contribution in [1.82, 2.24) is 9.78 Å². The Morgan fingerprint density at radius 1 is 1.39 bits per heavy atom. The molecule has 0 aliphatic rings. The van der Waals surface area contributed by atoms with Crippen LogP contribution >= 0.6 is 15.9 Å². The number of unbranched alkanes of at least 4 members (excludes halogenated alkanes) is 1. The summed E-state index contributed by atoms with van der Waals surface area (Å²) in [6, 6.07) is 7.81. The summed E-state index contributed by atoms with van der Waals surface area (Å²) >= 11 is 3.49. The molecule has 18 heavy (non-hydrogen) atoms. The minimum Gasteiger partial charge on any atom is -0.298 e. The average Bonchev–Trinajstić information content (AvgIpc) is 2.80. The van der Waals surface area contributed by atoms with Crippen LogP contribution in [0.15, 0.2) is 34.9 Å². The summed E-state index contributed by atoms with van der Waals surface area (Å²) in [5.74, 6) is 0. The van der Waals surface area contributed by atoms with Crippen molar-refractivity contribution in [3.63, 3.8) is 0 Å². The number of halogens is 1. The predicted molar refractivity (Wildman–Crippen MR) is 75.7 cm³/mol. The van der Waals surface area contributed by atoms with Crippen LogP contribution in [0.3, 0.4) is 0 Å². The first-order chi connectivity index (χ1) is 8.76. The molecule has 0 spiro atoms. The average molecular weight is 307 g/mol. The normalized spacial score (nSPS) is 10.6. The molecule has 0 saturated heterocycles. The van der Waals surface area contributed by atoms with E-state index in [0.717, 1.165) is 41.4 Å². The van der Waals surface area contributed by atoms with E-state index in [1.165, 1.54) is 0 Å². The molecule has 4 heteroatoms. The summed E-state index contributed by atoms with van der Waals surface area (Å²) in [6.07, 6.45) is 4.86. The zero-order valence-corrected chi connectivity index (χ0v) is 11.9. The van der Waals surface area contributed by atoms with E-state index >= 15 is 0 Å². The van der Waals surface area contributed by atoms with Crippen molar-refractivity contribution >= 4 is 22.2 Å². The van der Waals surface area contributed by atoms with Crippen LogP contribution < -0.4 is 0 Å². The van der Waals surface area contributed by atoms with Gasteiger partial charge in [-0.1, -0.05) is 47.5 Å². The number of nitrogens with zero attached hydrogens (tertiary/aromatic N) is 2. The van der Waals surface area contributed by atoms with Gasteiger partial charge in [-0.2, -0.15) is 5.10 Å². The SMILES string of the molecule is CCCCn1cc(C=O)c(-c2ccccc2Br)n1. The van der Waals surface area contributed by atoms with Crippen molar-refractivity contribution in [3.05, 3.63) is 40.5 Å². The minimum absolute atomic E-state index is 0.637. The van der Waals surface area contributed by atoms with E-state index in [0.29, 0.717) is 5.56 Å². The molecule has 0 fully saturated rings. The first-order valence-corrected chi connectivity index (χ1v) is 6.83. The maximum absolute atomic E-state index is 11.1. The smallest absolute Gasteiger partial charge is 0.153 e. The maximum atomic E-state index is 11.1. The topological polar surface area (TPSA) is 34.9 Å². The van der Waals surface area contributed by atoms with Crippen LogP contribution in [-0.4, -0.2) is 16.1 Å². The predicted octanol–water partition coefficient (Wildman–Crippen LogP) is 3.93. The number of hydrogen-bond acceptors (Lipinski definition) is 2. The molecule has 0 unspecified atom stereocenters. The molecule has 0 saturated carbocycles. The van der Waals surface area contributed by atoms with Gasteiger partial charge >= 0.3 is 0 Å². The highest BCUT2D eigenvalue weighted by atomic mass is 79.9. The van der Waals surface area contributed by atoms with Crippen LogP contribution in [0.25, 0.3) is 11.3 Å². The molecule has 1 heterocycles. The van der Waals surface area contributed by atoms with E-state index in [-0.39, 0.29) is 0 Å². The monoisotopic (exact) mass is 306 g/mol. The van der Waals surface area contributed by atoms with Crippen LogP contribution in [-0.2, 0) is 6.54 Å². The molecule has 0 radical (unpaired) electrons. The van der Waals surface area contributed by atoms with Crippen LogP contribution in [0.5, 0.6) is 0 Å². The second-order valence-electron chi connectivity index (χ2n) is 4.15. The van der Waals surface area contributed by atoms with Crippen LogP contribution in [0.4, 0.5) is 0 Å². The van der Waals surface area contributed by atoms with Crippen molar-refractivity contribution in [2.45, 2.75) is 26.3 Å². The zero-order chi connectivity index (χ0) is 13.0. The first kappa shape index (κ1) is 13.0. The van der Waals surface area contributed by atoms with Gasteiger partial charge in [-0.3, -0.25) is 9.48 Å². The minimum atomic E-state index is 0.637. The van der Waals surface area contributed by atoms with E-state index in [9.17, 15) is 4.79 Å². The molecule has 2 rings (SSSR count). The molecular formula is C14H15BrN2O. The molecule has 0 aliphatic carbocycles. The van der Waals surface area contributed by atoms with Gasteiger partial charge in [0, 0.05) is 22.8 Å². The quantitative estimate of drug-likeness (QED) is 0.785. The Labute approximate surface area is 115 Å². The third-order valence-electron chi connectivity index (χ3n) is 2.79. The van der Waals surface area contributed by atoms with Gasteiger partial charge in [0.2, 0.25) is 0 Å². The molecule has 94 valence electrons. The highest BCUT2D eigenvalue weighted by Gasteiger charge is 2.12. The van der Waals surface area contributed by atoms with Gasteiger partial charge in [-0.05, 0) is 12.5 Å². The van der Waals surface area contributed by atoms with Crippen LogP contribution in [0.1, 0.15) is 30.1 Å². The molecule has 0 bridgehead atoms. The summed E-state index contributed by atoms with van der Waals surface area (Å²) in [6.45, 7) is 2.99. The molecule has 0 atom stereocenters. The Hall–Kier alpha value is -1.42. The molecule has 0 amide bonds. The fraction of sp³-hybridized carbons (Fsp3) is 0.286. The number of carbonyl (C=O) groups excluding carboxylic acids is 1.